The summed E-state index contributed by atoms with van der Waals surface area (Å²) in [6.07, 6.45) is 5.24. The van der Waals surface area contributed by atoms with Crippen molar-refractivity contribution in [1.29, 1.82) is 5.26 Å². The summed E-state index contributed by atoms with van der Waals surface area (Å²) in [4.78, 5) is 30.0. The molecule has 4 atom stereocenters. The number of methoxy groups -OCH3 is 1. The Labute approximate surface area is 299 Å². The Hall–Kier alpha value is -4.02. The highest BCUT2D eigenvalue weighted by molar-refractivity contribution is 7.92. The average molecular weight is 724 g/mol. The highest BCUT2D eigenvalue weighted by Gasteiger charge is 2.53. The van der Waals surface area contributed by atoms with Gasteiger partial charge in [-0.1, -0.05) is 25.1 Å². The van der Waals surface area contributed by atoms with Gasteiger partial charge < -0.3 is 19.9 Å². The lowest BCUT2D eigenvalue weighted by Crippen LogP contribution is -2.64. The van der Waals surface area contributed by atoms with E-state index in [-0.39, 0.29) is 54.9 Å². The number of carbonyl (C=O) groups is 2. The number of nitrogens with one attached hydrogen (secondary N) is 1. The number of likely N-dealkylation sites (tertiary alicyclic amines) is 2. The molecular weight excluding hydrogens is 677 g/mol. The van der Waals surface area contributed by atoms with Crippen LogP contribution in [0.2, 0.25) is 0 Å². The molecule has 3 saturated heterocycles. The normalized spacial score (nSPS) is 25.3. The van der Waals surface area contributed by atoms with Gasteiger partial charge in [0.25, 0.3) is 0 Å². The second-order valence-electron chi connectivity index (χ2n) is 14.6. The Morgan fingerprint density at radius 1 is 1.08 bits per heavy atom. The summed E-state index contributed by atoms with van der Waals surface area (Å²) < 4.78 is 62.3. The lowest BCUT2D eigenvalue weighted by atomic mass is 9.59. The van der Waals surface area contributed by atoms with Gasteiger partial charge >= 0.3 is 6.09 Å². The van der Waals surface area contributed by atoms with Crippen LogP contribution >= 0.6 is 0 Å². The Bertz CT molecular complexity index is 1750. The van der Waals surface area contributed by atoms with Crippen LogP contribution in [0.3, 0.4) is 0 Å². The van der Waals surface area contributed by atoms with Crippen LogP contribution in [0, 0.1) is 29.0 Å². The molecular formula is C38H47F2N5O5S. The minimum absolute atomic E-state index is 0.118. The van der Waals surface area contributed by atoms with Gasteiger partial charge in [0.1, 0.15) is 5.82 Å². The van der Waals surface area contributed by atoms with Crippen LogP contribution in [0.15, 0.2) is 66.1 Å². The maximum absolute atomic E-state index is 16.1. The van der Waals surface area contributed by atoms with Crippen LogP contribution < -0.4 is 10.2 Å². The molecule has 51 heavy (non-hydrogen) atoms. The maximum Gasteiger partial charge on any atom is 0.407 e. The topological polar surface area (TPSA) is 123 Å². The van der Waals surface area contributed by atoms with Crippen molar-refractivity contribution in [2.24, 2.45) is 11.8 Å². The third-order valence-electron chi connectivity index (χ3n) is 11.6. The van der Waals surface area contributed by atoms with Crippen molar-refractivity contribution in [2.75, 3.05) is 57.8 Å². The summed E-state index contributed by atoms with van der Waals surface area (Å²) in [5.41, 5.74) is -1.12. The van der Waals surface area contributed by atoms with Gasteiger partial charge in [-0.2, -0.15) is 5.26 Å². The fourth-order valence-electron chi connectivity index (χ4n) is 9.05. The Morgan fingerprint density at radius 2 is 1.80 bits per heavy atom. The Morgan fingerprint density at radius 3 is 2.45 bits per heavy atom. The SMILES string of the molecule is C=CC(=O)N1CCC[C@@H](S(=O)(=O)c2ccc(N3CC(F)(CN4CCC(C(C#N)(c5cccc(F)c5)[C@H]5CCC[C@@H]5NC(=O)OC)CC4)C3)cc2)C1. The van der Waals surface area contributed by atoms with Gasteiger partial charge in [-0.15, -0.1) is 0 Å². The molecule has 6 rings (SSSR count). The zero-order valence-corrected chi connectivity index (χ0v) is 29.9. The largest absolute Gasteiger partial charge is 0.453 e. The number of sulfone groups is 1. The number of nitriles is 1. The van der Waals surface area contributed by atoms with E-state index in [1.54, 1.807) is 30.3 Å². The number of nitrogens with zero attached hydrogens (tertiary/aromatic N) is 4. The highest BCUT2D eigenvalue weighted by atomic mass is 32.2. The minimum atomic E-state index is -3.65. The summed E-state index contributed by atoms with van der Waals surface area (Å²) in [6.45, 7) is 5.91. The molecule has 4 aliphatic rings. The molecule has 4 fully saturated rings. The molecule has 13 heteroatoms. The molecule has 0 bridgehead atoms. The third-order valence-corrected chi connectivity index (χ3v) is 13.8. The fourth-order valence-corrected chi connectivity index (χ4v) is 10.8. The number of amides is 2. The van der Waals surface area contributed by atoms with Crippen molar-refractivity contribution in [3.05, 3.63) is 72.6 Å². The minimum Gasteiger partial charge on any atom is -0.453 e. The number of alkyl halides is 1. The lowest BCUT2D eigenvalue weighted by molar-refractivity contribution is -0.126. The molecule has 2 aromatic carbocycles. The number of benzene rings is 2. The molecule has 3 aliphatic heterocycles. The first-order valence-electron chi connectivity index (χ1n) is 17.9. The summed E-state index contributed by atoms with van der Waals surface area (Å²) in [5.74, 6) is -1.03. The Kier molecular flexibility index (Phi) is 10.7. The van der Waals surface area contributed by atoms with Crippen LogP contribution in [-0.4, -0.2) is 100 Å². The Balaban J connectivity index is 1.08. The quantitative estimate of drug-likeness (QED) is 0.340. The van der Waals surface area contributed by atoms with Crippen molar-refractivity contribution < 1.29 is 31.5 Å². The van der Waals surface area contributed by atoms with E-state index in [1.807, 2.05) is 11.0 Å². The molecule has 0 radical (unpaired) electrons. The third kappa shape index (κ3) is 7.35. The molecule has 1 aliphatic carbocycles. The van der Waals surface area contributed by atoms with Gasteiger partial charge in [-0.05, 0) is 106 Å². The summed E-state index contributed by atoms with van der Waals surface area (Å²) >= 11 is 0. The first-order chi connectivity index (χ1) is 24.4. The van der Waals surface area contributed by atoms with E-state index >= 15 is 4.39 Å². The predicted octanol–water partition coefficient (Wildman–Crippen LogP) is 5.00. The standard InChI is InChI=1S/C38H47F2N5O5S/c1-3-35(46)44-18-6-9-32(22-44)51(48,49)31-14-12-30(13-15-31)45-25-37(40,26-45)24-43-19-16-27(17-20-43)38(23-41,28-7-4-8-29(39)21-28)33-10-5-11-34(33)42-36(47)50-2/h3-4,7-8,12-15,21,27,32-34H,1,5-6,9-11,16-20,22,24-26H2,2H3,(H,42,47)/t32-,33+,34+,38?/m1/s1. The number of carbonyl (C=O) groups excluding carboxylic acids is 2. The molecule has 0 spiro atoms. The van der Waals surface area contributed by atoms with Crippen molar-refractivity contribution in [3.63, 3.8) is 0 Å². The summed E-state index contributed by atoms with van der Waals surface area (Å²) in [6, 6.07) is 15.2. The van der Waals surface area contributed by atoms with Gasteiger partial charge in [-0.25, -0.2) is 22.0 Å². The number of piperidine rings is 2. The maximum atomic E-state index is 16.1. The van der Waals surface area contributed by atoms with Crippen LogP contribution in [0.5, 0.6) is 0 Å². The van der Waals surface area contributed by atoms with Crippen LogP contribution in [0.25, 0.3) is 0 Å². The smallest absolute Gasteiger partial charge is 0.407 e. The van der Waals surface area contributed by atoms with Crippen LogP contribution in [0.1, 0.15) is 50.5 Å². The van der Waals surface area contributed by atoms with Gasteiger partial charge in [0, 0.05) is 37.3 Å². The van der Waals surface area contributed by atoms with E-state index in [2.05, 4.69) is 22.9 Å². The van der Waals surface area contributed by atoms with Crippen molar-refractivity contribution in [2.45, 2.75) is 72.2 Å². The first kappa shape index (κ1) is 36.8. The van der Waals surface area contributed by atoms with E-state index in [0.717, 1.165) is 12.1 Å². The van der Waals surface area contributed by atoms with E-state index in [4.69, 9.17) is 4.74 Å². The number of rotatable bonds is 10. The molecule has 1 saturated carbocycles. The average Bonchev–Trinajstić information content (AvgIpc) is 3.59. The molecule has 10 nitrogen and oxygen atoms in total. The molecule has 2 amide bonds. The zero-order chi connectivity index (χ0) is 36.4. The van der Waals surface area contributed by atoms with Crippen molar-refractivity contribution in [1.82, 2.24) is 15.1 Å². The molecule has 3 heterocycles. The van der Waals surface area contributed by atoms with E-state index in [9.17, 15) is 27.7 Å². The van der Waals surface area contributed by atoms with Crippen LogP contribution in [-0.2, 0) is 24.8 Å². The summed E-state index contributed by atoms with van der Waals surface area (Å²) in [7, 11) is -2.34. The summed E-state index contributed by atoms with van der Waals surface area (Å²) in [5, 5.41) is 13.1. The van der Waals surface area contributed by atoms with Gasteiger partial charge in [0.05, 0.1) is 41.8 Å². The number of ether oxygens (including phenoxy) is 1. The predicted molar refractivity (Wildman–Crippen MR) is 189 cm³/mol. The number of hydrogen-bond donors (Lipinski definition) is 1. The second-order valence-corrected chi connectivity index (χ2v) is 16.8. The molecule has 274 valence electrons. The second kappa shape index (κ2) is 14.9. The highest BCUT2D eigenvalue weighted by Crippen LogP contribution is 2.50. The molecule has 1 N–H and O–H groups in total. The number of halogens is 2. The van der Waals surface area contributed by atoms with Crippen molar-refractivity contribution >= 4 is 27.5 Å². The van der Waals surface area contributed by atoms with Gasteiger partial charge in [0.15, 0.2) is 15.5 Å². The zero-order valence-electron chi connectivity index (χ0n) is 29.1. The number of anilines is 1. The molecule has 1 unspecified atom stereocenters. The molecule has 0 aromatic heterocycles. The van der Waals surface area contributed by atoms with Gasteiger partial charge in [-0.3, -0.25) is 9.69 Å². The molecule has 2 aromatic rings. The lowest BCUT2D eigenvalue weighted by Gasteiger charge is -2.50. The fraction of sp³-hybridized carbons (Fsp3) is 0.553. The number of alkyl carbamates (subject to hydrolysis) is 1. The van der Waals surface area contributed by atoms with E-state index in [1.165, 1.54) is 30.2 Å². The first-order valence-corrected chi connectivity index (χ1v) is 19.4. The van der Waals surface area contributed by atoms with E-state index < -0.39 is 38.1 Å². The van der Waals surface area contributed by atoms with E-state index in [0.29, 0.717) is 63.7 Å². The van der Waals surface area contributed by atoms with Crippen LogP contribution in [0.4, 0.5) is 19.3 Å². The van der Waals surface area contributed by atoms with Crippen molar-refractivity contribution in [3.8, 4) is 6.07 Å². The number of hydrogen-bond acceptors (Lipinski definition) is 8. The van der Waals surface area contributed by atoms with Gasteiger partial charge in [0.2, 0.25) is 5.91 Å². The monoisotopic (exact) mass is 723 g/mol.